The number of nitrogens with one attached hydrogen (secondary N) is 1. The van der Waals surface area contributed by atoms with Gasteiger partial charge in [-0.3, -0.25) is 0 Å². The normalized spacial score (nSPS) is 19.4. The molecule has 8 heteroatoms. The van der Waals surface area contributed by atoms with E-state index in [1.165, 1.54) is 0 Å². The van der Waals surface area contributed by atoms with Gasteiger partial charge in [0.25, 0.3) is 0 Å². The van der Waals surface area contributed by atoms with Crippen molar-refractivity contribution in [2.75, 3.05) is 18.3 Å². The molecular formula is C20H22N2O4S2. The summed E-state index contributed by atoms with van der Waals surface area (Å²) in [5, 5.41) is 3.84. The molecule has 148 valence electrons. The van der Waals surface area contributed by atoms with Gasteiger partial charge >= 0.3 is 0 Å². The van der Waals surface area contributed by atoms with Crippen molar-refractivity contribution in [3.05, 3.63) is 59.7 Å². The van der Waals surface area contributed by atoms with Crippen LogP contribution < -0.4 is 14.8 Å². The molecule has 1 fully saturated rings. The molecule has 6 nitrogen and oxygen atoms in total. The number of hydrogen-bond acceptors (Lipinski definition) is 5. The monoisotopic (exact) mass is 418 g/mol. The molecule has 0 aliphatic carbocycles. The third kappa shape index (κ3) is 4.39. The molecule has 0 amide bonds. The van der Waals surface area contributed by atoms with E-state index >= 15 is 0 Å². The summed E-state index contributed by atoms with van der Waals surface area (Å²) in [7, 11) is -3.00. The van der Waals surface area contributed by atoms with E-state index in [4.69, 9.17) is 21.7 Å². The highest BCUT2D eigenvalue weighted by Crippen LogP contribution is 2.32. The van der Waals surface area contributed by atoms with Crippen LogP contribution in [0.2, 0.25) is 0 Å². The zero-order valence-electron chi connectivity index (χ0n) is 15.3. The van der Waals surface area contributed by atoms with Crippen LogP contribution in [0.25, 0.3) is 0 Å². The molecule has 0 aromatic heterocycles. The van der Waals surface area contributed by atoms with Gasteiger partial charge in [0.1, 0.15) is 0 Å². The van der Waals surface area contributed by atoms with Crippen LogP contribution in [-0.4, -0.2) is 42.8 Å². The fraction of sp³-hybridized carbons (Fsp3) is 0.350. The smallest absolute Gasteiger partial charge is 0.231 e. The average Bonchev–Trinajstić information content (AvgIpc) is 3.30. The van der Waals surface area contributed by atoms with E-state index in [1.54, 1.807) is 0 Å². The summed E-state index contributed by atoms with van der Waals surface area (Å²) in [6, 6.07) is 15.6. The quantitative estimate of drug-likeness (QED) is 0.748. The molecule has 1 saturated heterocycles. The van der Waals surface area contributed by atoms with Crippen LogP contribution in [0, 0.1) is 0 Å². The summed E-state index contributed by atoms with van der Waals surface area (Å²) in [5.41, 5.74) is 2.12. The summed E-state index contributed by atoms with van der Waals surface area (Å²) in [5.74, 6) is 1.83. The average molecular weight is 419 g/mol. The van der Waals surface area contributed by atoms with E-state index in [0.29, 0.717) is 24.6 Å². The highest BCUT2D eigenvalue weighted by molar-refractivity contribution is 7.91. The molecule has 2 heterocycles. The maximum Gasteiger partial charge on any atom is 0.231 e. The van der Waals surface area contributed by atoms with Crippen molar-refractivity contribution in [2.24, 2.45) is 0 Å². The number of nitrogens with zero attached hydrogens (tertiary/aromatic N) is 1. The van der Waals surface area contributed by atoms with Gasteiger partial charge in [-0.1, -0.05) is 36.4 Å². The molecule has 0 radical (unpaired) electrons. The molecule has 28 heavy (non-hydrogen) atoms. The predicted molar refractivity (Wildman–Crippen MR) is 111 cm³/mol. The molecule has 4 rings (SSSR count). The number of sulfone groups is 1. The van der Waals surface area contributed by atoms with Crippen LogP contribution in [0.4, 0.5) is 0 Å². The van der Waals surface area contributed by atoms with Crippen molar-refractivity contribution >= 4 is 27.2 Å². The van der Waals surface area contributed by atoms with Gasteiger partial charge in [0.05, 0.1) is 11.5 Å². The van der Waals surface area contributed by atoms with Crippen molar-refractivity contribution < 1.29 is 17.9 Å². The van der Waals surface area contributed by atoms with Gasteiger partial charge in [0, 0.05) is 19.1 Å². The minimum Gasteiger partial charge on any atom is -0.454 e. The summed E-state index contributed by atoms with van der Waals surface area (Å²) in [4.78, 5) is 2.00. The highest BCUT2D eigenvalue weighted by atomic mass is 32.2. The summed E-state index contributed by atoms with van der Waals surface area (Å²) in [6.45, 7) is 1.35. The van der Waals surface area contributed by atoms with Crippen molar-refractivity contribution in [1.29, 1.82) is 0 Å². The number of hydrogen-bond donors (Lipinski definition) is 1. The third-order valence-electron chi connectivity index (χ3n) is 4.99. The molecule has 1 N–H and O–H groups in total. The van der Waals surface area contributed by atoms with Crippen molar-refractivity contribution in [3.8, 4) is 11.5 Å². The van der Waals surface area contributed by atoms with Gasteiger partial charge in [-0.25, -0.2) is 8.42 Å². The fourth-order valence-corrected chi connectivity index (χ4v) is 5.51. The molecule has 0 spiro atoms. The van der Waals surface area contributed by atoms with E-state index in [9.17, 15) is 8.42 Å². The maximum atomic E-state index is 12.0. The van der Waals surface area contributed by atoms with E-state index in [1.807, 2.05) is 53.4 Å². The molecule has 0 saturated carbocycles. The van der Waals surface area contributed by atoms with Gasteiger partial charge in [0.15, 0.2) is 26.4 Å². The van der Waals surface area contributed by atoms with Gasteiger partial charge < -0.3 is 19.7 Å². The lowest BCUT2D eigenvalue weighted by Crippen LogP contribution is -2.45. The molecule has 2 aliphatic heterocycles. The second kappa shape index (κ2) is 7.97. The molecule has 2 aromatic carbocycles. The number of fused-ring (bicyclic) bond motifs is 1. The van der Waals surface area contributed by atoms with Crippen molar-refractivity contribution in [1.82, 2.24) is 10.2 Å². The lowest BCUT2D eigenvalue weighted by molar-refractivity contribution is 0.174. The zero-order valence-corrected chi connectivity index (χ0v) is 17.0. The number of ether oxygens (including phenoxy) is 2. The van der Waals surface area contributed by atoms with Crippen LogP contribution in [0.5, 0.6) is 11.5 Å². The first-order valence-electron chi connectivity index (χ1n) is 9.17. The van der Waals surface area contributed by atoms with Crippen molar-refractivity contribution in [2.45, 2.75) is 25.6 Å². The number of benzene rings is 2. The van der Waals surface area contributed by atoms with Gasteiger partial charge in [-0.05, 0) is 41.9 Å². The Morgan fingerprint density at radius 3 is 2.64 bits per heavy atom. The third-order valence-corrected chi connectivity index (χ3v) is 7.12. The Morgan fingerprint density at radius 1 is 1.11 bits per heavy atom. The SMILES string of the molecule is O=S1(=O)CC[C@H](N(Cc2ccccc2)C(=S)NCc2ccc3c(c2)OCO3)C1. The van der Waals surface area contributed by atoms with E-state index in [0.717, 1.165) is 22.6 Å². The second-order valence-corrected chi connectivity index (χ2v) is 9.63. The van der Waals surface area contributed by atoms with Crippen LogP contribution in [0.15, 0.2) is 48.5 Å². The molecule has 2 aliphatic rings. The highest BCUT2D eigenvalue weighted by Gasteiger charge is 2.33. The zero-order chi connectivity index (χ0) is 19.6. The molecule has 2 aromatic rings. The Morgan fingerprint density at radius 2 is 1.89 bits per heavy atom. The Balaban J connectivity index is 1.46. The number of rotatable bonds is 5. The standard InChI is InChI=1S/C20H22N2O4S2/c23-28(24)9-8-17(13-28)22(12-15-4-2-1-3-5-15)20(27)21-11-16-6-7-18-19(10-16)26-14-25-18/h1-7,10,17H,8-9,11-14H2,(H,21,27)/t17-/m0/s1. The fourth-order valence-electron chi connectivity index (χ4n) is 3.50. The lowest BCUT2D eigenvalue weighted by atomic mass is 10.1. The molecule has 0 bridgehead atoms. The maximum absolute atomic E-state index is 12.0. The van der Waals surface area contributed by atoms with Gasteiger partial charge in [0.2, 0.25) is 6.79 Å². The van der Waals surface area contributed by atoms with E-state index in [-0.39, 0.29) is 24.3 Å². The van der Waals surface area contributed by atoms with Crippen LogP contribution in [-0.2, 0) is 22.9 Å². The largest absolute Gasteiger partial charge is 0.454 e. The minimum absolute atomic E-state index is 0.109. The minimum atomic E-state index is -3.00. The van der Waals surface area contributed by atoms with Gasteiger partial charge in [-0.2, -0.15) is 0 Å². The first-order valence-corrected chi connectivity index (χ1v) is 11.4. The lowest BCUT2D eigenvalue weighted by Gasteiger charge is -2.31. The first kappa shape index (κ1) is 19.0. The van der Waals surface area contributed by atoms with Crippen molar-refractivity contribution in [3.63, 3.8) is 0 Å². The Hall–Kier alpha value is -2.32. The Kier molecular flexibility index (Phi) is 5.41. The predicted octanol–water partition coefficient (Wildman–Crippen LogP) is 2.48. The Labute approximate surface area is 170 Å². The van der Waals surface area contributed by atoms with Gasteiger partial charge in [-0.15, -0.1) is 0 Å². The van der Waals surface area contributed by atoms with Crippen LogP contribution in [0.3, 0.4) is 0 Å². The summed E-state index contributed by atoms with van der Waals surface area (Å²) in [6.07, 6.45) is 0.598. The number of thiocarbonyl (C=S) groups is 1. The van der Waals surface area contributed by atoms with Crippen LogP contribution in [0.1, 0.15) is 17.5 Å². The molecular weight excluding hydrogens is 396 g/mol. The molecule has 0 unspecified atom stereocenters. The summed E-state index contributed by atoms with van der Waals surface area (Å²) < 4.78 is 34.7. The van der Waals surface area contributed by atoms with E-state index < -0.39 is 9.84 Å². The van der Waals surface area contributed by atoms with E-state index in [2.05, 4.69) is 5.32 Å². The first-order chi connectivity index (χ1) is 13.5. The Bertz CT molecular complexity index is 963. The molecule has 1 atom stereocenters. The second-order valence-electron chi connectivity index (χ2n) is 7.02. The van der Waals surface area contributed by atoms with Crippen LogP contribution >= 0.6 is 12.2 Å². The topological polar surface area (TPSA) is 67.9 Å². The summed E-state index contributed by atoms with van der Waals surface area (Å²) >= 11 is 5.65.